The molecular formula is C11H11FN2. The Morgan fingerprint density at radius 3 is 2.86 bits per heavy atom. The number of aryl methyl sites for hydroxylation is 1. The molecular weight excluding hydrogens is 179 g/mol. The standard InChI is InChI=1S/C11H11FN2/c1-7(2)11-8-5-4-6-9(12)10(8)13-14(11)3/h4-6H,1H2,2-3H3. The Morgan fingerprint density at radius 2 is 2.21 bits per heavy atom. The van der Waals surface area contributed by atoms with Gasteiger partial charge in [-0.1, -0.05) is 18.7 Å². The summed E-state index contributed by atoms with van der Waals surface area (Å²) in [6.07, 6.45) is 0. The molecule has 72 valence electrons. The van der Waals surface area contributed by atoms with Gasteiger partial charge in [-0.25, -0.2) is 4.39 Å². The fourth-order valence-electron chi connectivity index (χ4n) is 1.69. The zero-order valence-electron chi connectivity index (χ0n) is 8.21. The summed E-state index contributed by atoms with van der Waals surface area (Å²) in [5.74, 6) is -0.286. The highest BCUT2D eigenvalue weighted by atomic mass is 19.1. The number of aromatic nitrogens is 2. The molecule has 0 aliphatic carbocycles. The van der Waals surface area contributed by atoms with E-state index in [9.17, 15) is 4.39 Å². The Labute approximate surface area is 81.7 Å². The first-order valence-corrected chi connectivity index (χ1v) is 4.38. The van der Waals surface area contributed by atoms with Gasteiger partial charge in [0.1, 0.15) is 5.52 Å². The molecule has 0 aliphatic rings. The highest BCUT2D eigenvalue weighted by molar-refractivity contribution is 5.90. The lowest BCUT2D eigenvalue weighted by Crippen LogP contribution is -1.94. The Kier molecular flexibility index (Phi) is 1.88. The molecule has 0 atom stereocenters. The van der Waals surface area contributed by atoms with Crippen LogP contribution in [0.2, 0.25) is 0 Å². The average molecular weight is 190 g/mol. The van der Waals surface area contributed by atoms with E-state index in [1.165, 1.54) is 6.07 Å². The molecule has 0 radical (unpaired) electrons. The minimum absolute atomic E-state index is 0.286. The third-order valence-corrected chi connectivity index (χ3v) is 2.22. The SMILES string of the molecule is C=C(C)c1c2cccc(F)c2nn1C. The number of halogens is 1. The van der Waals surface area contributed by atoms with Crippen LogP contribution in [0.5, 0.6) is 0 Å². The van der Waals surface area contributed by atoms with Gasteiger partial charge in [-0.2, -0.15) is 5.10 Å². The summed E-state index contributed by atoms with van der Waals surface area (Å²) in [5, 5.41) is 4.93. The smallest absolute Gasteiger partial charge is 0.151 e. The maximum absolute atomic E-state index is 13.3. The monoisotopic (exact) mass is 190 g/mol. The number of rotatable bonds is 1. The fraction of sp³-hybridized carbons (Fsp3) is 0.182. The highest BCUT2D eigenvalue weighted by Crippen LogP contribution is 2.24. The van der Waals surface area contributed by atoms with Crippen LogP contribution in [0.3, 0.4) is 0 Å². The van der Waals surface area contributed by atoms with Crippen molar-refractivity contribution in [2.24, 2.45) is 7.05 Å². The third-order valence-electron chi connectivity index (χ3n) is 2.22. The molecule has 0 amide bonds. The molecule has 0 bridgehead atoms. The van der Waals surface area contributed by atoms with E-state index < -0.39 is 0 Å². The number of nitrogens with zero attached hydrogens (tertiary/aromatic N) is 2. The Hall–Kier alpha value is -1.64. The molecule has 2 rings (SSSR count). The van der Waals surface area contributed by atoms with Crippen LogP contribution in [0.25, 0.3) is 16.5 Å². The quantitative estimate of drug-likeness (QED) is 0.676. The van der Waals surface area contributed by atoms with Crippen molar-refractivity contribution in [1.29, 1.82) is 0 Å². The molecule has 0 unspecified atom stereocenters. The summed E-state index contributed by atoms with van der Waals surface area (Å²) < 4.78 is 15.0. The van der Waals surface area contributed by atoms with Gasteiger partial charge >= 0.3 is 0 Å². The fourth-order valence-corrected chi connectivity index (χ4v) is 1.69. The van der Waals surface area contributed by atoms with E-state index in [4.69, 9.17) is 0 Å². The van der Waals surface area contributed by atoms with E-state index in [-0.39, 0.29) is 5.82 Å². The summed E-state index contributed by atoms with van der Waals surface area (Å²) in [5.41, 5.74) is 2.19. The van der Waals surface area contributed by atoms with Crippen LogP contribution in [-0.4, -0.2) is 9.78 Å². The maximum atomic E-state index is 13.3. The molecule has 0 N–H and O–H groups in total. The van der Waals surface area contributed by atoms with Gasteiger partial charge in [0.2, 0.25) is 0 Å². The van der Waals surface area contributed by atoms with E-state index in [0.717, 1.165) is 16.7 Å². The van der Waals surface area contributed by atoms with Gasteiger partial charge in [-0.3, -0.25) is 4.68 Å². The van der Waals surface area contributed by atoms with Crippen LogP contribution in [0.1, 0.15) is 12.6 Å². The van der Waals surface area contributed by atoms with Crippen molar-refractivity contribution in [3.05, 3.63) is 36.3 Å². The van der Waals surface area contributed by atoms with Crippen molar-refractivity contribution in [3.63, 3.8) is 0 Å². The minimum atomic E-state index is -0.286. The lowest BCUT2D eigenvalue weighted by Gasteiger charge is -1.99. The van der Waals surface area contributed by atoms with Gasteiger partial charge in [0.25, 0.3) is 0 Å². The van der Waals surface area contributed by atoms with Crippen molar-refractivity contribution in [1.82, 2.24) is 9.78 Å². The first-order chi connectivity index (χ1) is 6.61. The highest BCUT2D eigenvalue weighted by Gasteiger charge is 2.11. The normalized spacial score (nSPS) is 10.8. The van der Waals surface area contributed by atoms with Crippen molar-refractivity contribution < 1.29 is 4.39 Å². The number of allylic oxidation sites excluding steroid dienone is 1. The zero-order valence-corrected chi connectivity index (χ0v) is 8.21. The van der Waals surface area contributed by atoms with Gasteiger partial charge in [0.05, 0.1) is 5.69 Å². The minimum Gasteiger partial charge on any atom is -0.267 e. The zero-order chi connectivity index (χ0) is 10.3. The molecule has 0 fully saturated rings. The Morgan fingerprint density at radius 1 is 1.50 bits per heavy atom. The molecule has 2 nitrogen and oxygen atoms in total. The van der Waals surface area contributed by atoms with Crippen molar-refractivity contribution in [3.8, 4) is 0 Å². The first kappa shape index (κ1) is 8.94. The summed E-state index contributed by atoms with van der Waals surface area (Å²) in [6.45, 7) is 5.75. The van der Waals surface area contributed by atoms with Crippen LogP contribution in [0, 0.1) is 5.82 Å². The number of hydrogen-bond donors (Lipinski definition) is 0. The molecule has 1 heterocycles. The van der Waals surface area contributed by atoms with Crippen molar-refractivity contribution in [2.75, 3.05) is 0 Å². The summed E-state index contributed by atoms with van der Waals surface area (Å²) in [7, 11) is 1.80. The second-order valence-electron chi connectivity index (χ2n) is 3.39. The summed E-state index contributed by atoms with van der Waals surface area (Å²) >= 11 is 0. The van der Waals surface area contributed by atoms with Crippen molar-refractivity contribution >= 4 is 16.5 Å². The Bertz CT molecular complexity index is 511. The predicted molar refractivity (Wildman–Crippen MR) is 55.4 cm³/mol. The molecule has 3 heteroatoms. The summed E-state index contributed by atoms with van der Waals surface area (Å²) in [4.78, 5) is 0. The van der Waals surface area contributed by atoms with Crippen LogP contribution >= 0.6 is 0 Å². The molecule has 0 saturated heterocycles. The van der Waals surface area contributed by atoms with Gasteiger partial charge in [-0.15, -0.1) is 0 Å². The molecule has 14 heavy (non-hydrogen) atoms. The van der Waals surface area contributed by atoms with E-state index >= 15 is 0 Å². The first-order valence-electron chi connectivity index (χ1n) is 4.38. The lowest BCUT2D eigenvalue weighted by atomic mass is 10.1. The topological polar surface area (TPSA) is 17.8 Å². The molecule has 2 aromatic rings. The van der Waals surface area contributed by atoms with Crippen LogP contribution in [0.15, 0.2) is 24.8 Å². The van der Waals surface area contributed by atoms with Gasteiger partial charge in [0.15, 0.2) is 5.82 Å². The van der Waals surface area contributed by atoms with Gasteiger partial charge < -0.3 is 0 Å². The number of hydrogen-bond acceptors (Lipinski definition) is 1. The maximum Gasteiger partial charge on any atom is 0.151 e. The van der Waals surface area contributed by atoms with E-state index in [1.54, 1.807) is 17.8 Å². The predicted octanol–water partition coefficient (Wildman–Crippen LogP) is 2.75. The third kappa shape index (κ3) is 1.13. The van der Waals surface area contributed by atoms with Crippen LogP contribution in [-0.2, 0) is 7.05 Å². The van der Waals surface area contributed by atoms with Crippen LogP contribution < -0.4 is 0 Å². The number of fused-ring (bicyclic) bond motifs is 1. The van der Waals surface area contributed by atoms with E-state index in [2.05, 4.69) is 11.7 Å². The molecule has 0 spiro atoms. The molecule has 1 aromatic carbocycles. The van der Waals surface area contributed by atoms with Gasteiger partial charge in [0, 0.05) is 12.4 Å². The molecule has 0 saturated carbocycles. The largest absolute Gasteiger partial charge is 0.267 e. The Balaban J connectivity index is 2.90. The second-order valence-corrected chi connectivity index (χ2v) is 3.39. The van der Waals surface area contributed by atoms with E-state index in [1.807, 2.05) is 13.0 Å². The summed E-state index contributed by atoms with van der Waals surface area (Å²) in [6, 6.07) is 4.96. The second kappa shape index (κ2) is 2.94. The average Bonchev–Trinajstić information content (AvgIpc) is 2.42. The lowest BCUT2D eigenvalue weighted by molar-refractivity contribution is 0.632. The van der Waals surface area contributed by atoms with Crippen molar-refractivity contribution in [2.45, 2.75) is 6.92 Å². The van der Waals surface area contributed by atoms with Gasteiger partial charge in [-0.05, 0) is 18.6 Å². The van der Waals surface area contributed by atoms with E-state index in [0.29, 0.717) is 5.52 Å². The van der Waals surface area contributed by atoms with Crippen LogP contribution in [0.4, 0.5) is 4.39 Å². The number of benzene rings is 1. The molecule has 0 aliphatic heterocycles. The molecule has 1 aromatic heterocycles.